The highest BCUT2D eigenvalue weighted by atomic mass is 16.3. The Labute approximate surface area is 325 Å². The van der Waals surface area contributed by atoms with Gasteiger partial charge in [0.2, 0.25) is 0 Å². The summed E-state index contributed by atoms with van der Waals surface area (Å²) in [5.41, 5.74) is 11.3. The minimum absolute atomic E-state index is 0.556. The van der Waals surface area contributed by atoms with Crippen molar-refractivity contribution in [3.05, 3.63) is 182 Å². The normalized spacial score (nSPS) is 11.9. The Bertz CT molecular complexity index is 3510. The smallest absolute Gasteiger partial charge is 0.164 e. The largest absolute Gasteiger partial charge is 0.456 e. The SMILES string of the molecule is c1ccc(-c2ccc(-c3nc(-c4ccc5c(c4)oc4ccccc45)nc(-c4cccc5oc6c(ccc7c8ccccc8n(-c8ccccc8)c76)c45)n3)cc2)cc1. The van der Waals surface area contributed by atoms with Crippen molar-refractivity contribution in [2.75, 3.05) is 0 Å². The molecule has 0 atom stereocenters. The zero-order chi connectivity index (χ0) is 37.5. The minimum atomic E-state index is 0.556. The molecule has 0 fully saturated rings. The maximum absolute atomic E-state index is 6.88. The number of nitrogens with zero attached hydrogens (tertiary/aromatic N) is 4. The number of para-hydroxylation sites is 3. The zero-order valence-electron chi connectivity index (χ0n) is 30.4. The predicted octanol–water partition coefficient (Wildman–Crippen LogP) is 13.4. The van der Waals surface area contributed by atoms with E-state index in [9.17, 15) is 0 Å². The third kappa shape index (κ3) is 4.94. The second-order valence-corrected chi connectivity index (χ2v) is 14.4. The van der Waals surface area contributed by atoms with Gasteiger partial charge in [0.05, 0.1) is 11.0 Å². The molecule has 0 saturated carbocycles. The lowest BCUT2D eigenvalue weighted by molar-refractivity contribution is 0.669. The van der Waals surface area contributed by atoms with Crippen LogP contribution in [0.1, 0.15) is 0 Å². The molecule has 0 amide bonds. The van der Waals surface area contributed by atoms with Crippen LogP contribution >= 0.6 is 0 Å². The average molecular weight is 731 g/mol. The molecule has 6 heteroatoms. The van der Waals surface area contributed by atoms with Crippen molar-refractivity contribution >= 4 is 65.7 Å². The quantitative estimate of drug-likeness (QED) is 0.176. The van der Waals surface area contributed by atoms with Gasteiger partial charge in [-0.1, -0.05) is 133 Å². The molecular weight excluding hydrogens is 701 g/mol. The second kappa shape index (κ2) is 12.3. The topological polar surface area (TPSA) is 69.9 Å². The van der Waals surface area contributed by atoms with E-state index < -0.39 is 0 Å². The van der Waals surface area contributed by atoms with Gasteiger partial charge in [-0.15, -0.1) is 0 Å². The fourth-order valence-corrected chi connectivity index (χ4v) is 8.42. The summed E-state index contributed by atoms with van der Waals surface area (Å²) in [5.74, 6) is 1.69. The summed E-state index contributed by atoms with van der Waals surface area (Å²) in [6.07, 6.45) is 0. The van der Waals surface area contributed by atoms with Crippen molar-refractivity contribution in [3.8, 4) is 51.0 Å². The lowest BCUT2D eigenvalue weighted by Crippen LogP contribution is -2.00. The maximum Gasteiger partial charge on any atom is 0.164 e. The van der Waals surface area contributed by atoms with E-state index in [0.717, 1.165) is 93.8 Å². The highest BCUT2D eigenvalue weighted by Gasteiger charge is 2.22. The molecule has 0 bridgehead atoms. The molecule has 0 aliphatic carbocycles. The van der Waals surface area contributed by atoms with E-state index in [0.29, 0.717) is 17.5 Å². The maximum atomic E-state index is 6.88. The standard InChI is InChI=1S/C51H30N4O2/c1-3-12-31(13-4-1)32-22-24-33(25-23-32)49-52-50(34-26-27-38-37-17-8-10-20-43(37)56-45(38)30-34)54-51(53-49)41-18-11-21-44-46(41)40-29-28-39-36-16-7-9-19-42(36)55(47(39)48(40)57-44)35-14-5-2-6-15-35/h1-30H. The van der Waals surface area contributed by atoms with E-state index in [1.807, 2.05) is 48.5 Å². The predicted molar refractivity (Wildman–Crippen MR) is 230 cm³/mol. The van der Waals surface area contributed by atoms with Crippen LogP contribution in [0.2, 0.25) is 0 Å². The third-order valence-electron chi connectivity index (χ3n) is 11.1. The van der Waals surface area contributed by atoms with E-state index in [2.05, 4.69) is 138 Å². The van der Waals surface area contributed by atoms with Crippen LogP contribution < -0.4 is 0 Å². The van der Waals surface area contributed by atoms with Gasteiger partial charge in [-0.3, -0.25) is 0 Å². The van der Waals surface area contributed by atoms with Crippen LogP contribution in [-0.4, -0.2) is 19.5 Å². The fraction of sp³-hybridized carbons (Fsp3) is 0. The van der Waals surface area contributed by atoms with Crippen molar-refractivity contribution in [1.82, 2.24) is 19.5 Å². The van der Waals surface area contributed by atoms with Crippen LogP contribution in [0.15, 0.2) is 191 Å². The molecule has 4 heterocycles. The Morgan fingerprint density at radius 2 is 0.965 bits per heavy atom. The first-order chi connectivity index (χ1) is 28.2. The number of rotatable bonds is 5. The Kier molecular flexibility index (Phi) is 6.83. The molecule has 266 valence electrons. The molecule has 0 saturated heterocycles. The van der Waals surface area contributed by atoms with Crippen molar-refractivity contribution < 1.29 is 8.83 Å². The van der Waals surface area contributed by atoms with E-state index >= 15 is 0 Å². The second-order valence-electron chi connectivity index (χ2n) is 14.4. The molecule has 0 spiro atoms. The van der Waals surface area contributed by atoms with E-state index in [1.54, 1.807) is 0 Å². The summed E-state index contributed by atoms with van der Waals surface area (Å²) in [4.78, 5) is 15.5. The molecule has 0 aliphatic heterocycles. The third-order valence-corrected chi connectivity index (χ3v) is 11.1. The molecule has 57 heavy (non-hydrogen) atoms. The molecule has 0 radical (unpaired) electrons. The lowest BCUT2D eigenvalue weighted by Gasteiger charge is -2.10. The van der Waals surface area contributed by atoms with Gasteiger partial charge >= 0.3 is 0 Å². The van der Waals surface area contributed by atoms with E-state index in [1.165, 1.54) is 5.39 Å². The first-order valence-corrected chi connectivity index (χ1v) is 19.0. The number of hydrogen-bond donors (Lipinski definition) is 0. The summed E-state index contributed by atoms with van der Waals surface area (Å²) in [6.45, 7) is 0. The van der Waals surface area contributed by atoms with Crippen LogP contribution in [0.4, 0.5) is 0 Å². The Morgan fingerprint density at radius 1 is 0.368 bits per heavy atom. The van der Waals surface area contributed by atoms with E-state index in [4.69, 9.17) is 23.8 Å². The molecule has 0 aliphatic rings. The van der Waals surface area contributed by atoms with Gasteiger partial charge in [-0.25, -0.2) is 15.0 Å². The Morgan fingerprint density at radius 3 is 1.81 bits per heavy atom. The summed E-state index contributed by atoms with van der Waals surface area (Å²) < 4.78 is 15.5. The highest BCUT2D eigenvalue weighted by molar-refractivity contribution is 6.23. The molecule has 6 nitrogen and oxygen atoms in total. The minimum Gasteiger partial charge on any atom is -0.456 e. The van der Waals surface area contributed by atoms with Crippen LogP contribution in [0.25, 0.3) is 117 Å². The molecule has 0 unspecified atom stereocenters. The van der Waals surface area contributed by atoms with Gasteiger partial charge in [-0.2, -0.15) is 0 Å². The van der Waals surface area contributed by atoms with Crippen LogP contribution in [0, 0.1) is 0 Å². The summed E-state index contributed by atoms with van der Waals surface area (Å²) in [5, 5.41) is 6.38. The van der Waals surface area contributed by atoms with Gasteiger partial charge in [0.1, 0.15) is 16.7 Å². The summed E-state index contributed by atoms with van der Waals surface area (Å²) >= 11 is 0. The zero-order valence-corrected chi connectivity index (χ0v) is 30.4. The fourth-order valence-electron chi connectivity index (χ4n) is 8.42. The van der Waals surface area contributed by atoms with Crippen LogP contribution in [0.5, 0.6) is 0 Å². The average Bonchev–Trinajstić information content (AvgIpc) is 3.96. The number of fused-ring (bicyclic) bond motifs is 10. The monoisotopic (exact) mass is 730 g/mol. The van der Waals surface area contributed by atoms with Crippen molar-refractivity contribution in [2.24, 2.45) is 0 Å². The van der Waals surface area contributed by atoms with Gasteiger partial charge in [-0.05, 0) is 59.7 Å². The summed E-state index contributed by atoms with van der Waals surface area (Å²) in [7, 11) is 0. The molecular formula is C51H30N4O2. The first kappa shape index (κ1) is 31.5. The van der Waals surface area contributed by atoms with Crippen molar-refractivity contribution in [3.63, 3.8) is 0 Å². The number of furan rings is 2. The molecule has 4 aromatic heterocycles. The summed E-state index contributed by atoms with van der Waals surface area (Å²) in [6, 6.07) is 62.6. The first-order valence-electron chi connectivity index (χ1n) is 19.0. The van der Waals surface area contributed by atoms with Crippen molar-refractivity contribution in [2.45, 2.75) is 0 Å². The lowest BCUT2D eigenvalue weighted by atomic mass is 10.0. The van der Waals surface area contributed by atoms with Gasteiger partial charge in [0, 0.05) is 54.7 Å². The van der Waals surface area contributed by atoms with Gasteiger partial charge in [0.15, 0.2) is 23.1 Å². The number of aromatic nitrogens is 4. The van der Waals surface area contributed by atoms with Crippen LogP contribution in [0.3, 0.4) is 0 Å². The Hall–Kier alpha value is -7.83. The van der Waals surface area contributed by atoms with Crippen LogP contribution in [-0.2, 0) is 0 Å². The molecule has 12 rings (SSSR count). The number of benzene rings is 8. The molecule has 8 aromatic carbocycles. The molecule has 12 aromatic rings. The van der Waals surface area contributed by atoms with Crippen molar-refractivity contribution in [1.29, 1.82) is 0 Å². The molecule has 0 N–H and O–H groups in total. The number of hydrogen-bond acceptors (Lipinski definition) is 5. The highest BCUT2D eigenvalue weighted by Crippen LogP contribution is 2.43. The van der Waals surface area contributed by atoms with Gasteiger partial charge in [0.25, 0.3) is 0 Å². The van der Waals surface area contributed by atoms with E-state index in [-0.39, 0.29) is 0 Å². The van der Waals surface area contributed by atoms with Gasteiger partial charge < -0.3 is 13.4 Å². The Balaban J connectivity index is 1.09.